The number of fused-ring (bicyclic) bond motifs is 1. The normalized spacial score (nSPS) is 14.5. The van der Waals surface area contributed by atoms with Crippen LogP contribution in [0.25, 0.3) is 10.8 Å². The monoisotopic (exact) mass is 523 g/mol. The van der Waals surface area contributed by atoms with Crippen LogP contribution in [0.5, 0.6) is 11.5 Å². The van der Waals surface area contributed by atoms with Crippen LogP contribution in [0.1, 0.15) is 47.2 Å². The summed E-state index contributed by atoms with van der Waals surface area (Å²) in [4.78, 5) is 25.8. The van der Waals surface area contributed by atoms with Crippen molar-refractivity contribution >= 4 is 22.6 Å². The average molecular weight is 524 g/mol. The maximum Gasteiger partial charge on any atom is 0.305 e. The molecule has 0 saturated carbocycles. The van der Waals surface area contributed by atoms with Crippen LogP contribution in [0.2, 0.25) is 0 Å². The molecule has 1 aliphatic rings. The Hall–Kier alpha value is -4.16. The molecule has 1 fully saturated rings. The number of esters is 1. The molecule has 1 amide bonds. The van der Waals surface area contributed by atoms with Crippen LogP contribution < -0.4 is 10.1 Å². The Morgan fingerprint density at radius 3 is 2.41 bits per heavy atom. The first-order chi connectivity index (χ1) is 19.1. The molecule has 0 aliphatic carbocycles. The summed E-state index contributed by atoms with van der Waals surface area (Å²) >= 11 is 0. The van der Waals surface area contributed by atoms with Gasteiger partial charge in [-0.25, -0.2) is 0 Å². The van der Waals surface area contributed by atoms with Crippen molar-refractivity contribution in [3.05, 3.63) is 108 Å². The smallest absolute Gasteiger partial charge is 0.305 e. The zero-order chi connectivity index (χ0) is 27.1. The Morgan fingerprint density at radius 2 is 1.62 bits per heavy atom. The predicted octanol–water partition coefficient (Wildman–Crippen LogP) is 6.56. The van der Waals surface area contributed by atoms with Crippen molar-refractivity contribution in [2.24, 2.45) is 0 Å². The van der Waals surface area contributed by atoms with E-state index in [1.165, 1.54) is 7.11 Å². The van der Waals surface area contributed by atoms with Crippen molar-refractivity contribution in [2.45, 2.75) is 37.6 Å². The summed E-state index contributed by atoms with van der Waals surface area (Å²) in [6.07, 6.45) is 2.77. The zero-order valence-corrected chi connectivity index (χ0v) is 22.2. The molecule has 39 heavy (non-hydrogen) atoms. The SMILES string of the molecule is COC(=O)CCCc1ccc(Oc2ccccc2)cc1C(=O)NC1(c2cccc3ccccc23)CCOCC1. The summed E-state index contributed by atoms with van der Waals surface area (Å²) in [5.74, 6) is 0.840. The number of carbonyl (C=O) groups excluding carboxylic acids is 2. The molecular weight excluding hydrogens is 490 g/mol. The highest BCUT2D eigenvalue weighted by Crippen LogP contribution is 2.37. The average Bonchev–Trinajstić information content (AvgIpc) is 2.98. The van der Waals surface area contributed by atoms with E-state index in [9.17, 15) is 9.59 Å². The van der Waals surface area contributed by atoms with Gasteiger partial charge in [0.15, 0.2) is 0 Å². The second kappa shape index (κ2) is 12.1. The lowest BCUT2D eigenvalue weighted by atomic mass is 9.80. The fourth-order valence-corrected chi connectivity index (χ4v) is 5.31. The molecule has 0 aromatic heterocycles. The van der Waals surface area contributed by atoms with Gasteiger partial charge >= 0.3 is 5.97 Å². The number of nitrogens with one attached hydrogen (secondary N) is 1. The Morgan fingerprint density at radius 1 is 0.872 bits per heavy atom. The Bertz CT molecular complexity index is 1440. The van der Waals surface area contributed by atoms with Crippen molar-refractivity contribution in [3.8, 4) is 11.5 Å². The van der Waals surface area contributed by atoms with E-state index in [0.717, 1.165) is 21.9 Å². The van der Waals surface area contributed by atoms with Gasteiger partial charge in [-0.15, -0.1) is 0 Å². The van der Waals surface area contributed by atoms with Crippen molar-refractivity contribution in [1.29, 1.82) is 0 Å². The lowest BCUT2D eigenvalue weighted by Crippen LogP contribution is -2.49. The van der Waals surface area contributed by atoms with Gasteiger partial charge in [-0.1, -0.05) is 66.7 Å². The molecule has 6 nitrogen and oxygen atoms in total. The van der Waals surface area contributed by atoms with E-state index < -0.39 is 5.54 Å². The molecule has 0 atom stereocenters. The van der Waals surface area contributed by atoms with Gasteiger partial charge in [0.1, 0.15) is 11.5 Å². The Labute approximate surface area is 228 Å². The molecule has 1 heterocycles. The number of hydrogen-bond acceptors (Lipinski definition) is 5. The molecule has 200 valence electrons. The quantitative estimate of drug-likeness (QED) is 0.251. The minimum atomic E-state index is -0.574. The van der Waals surface area contributed by atoms with Gasteiger partial charge in [0.05, 0.1) is 12.6 Å². The van der Waals surface area contributed by atoms with Crippen LogP contribution in [0.4, 0.5) is 0 Å². The number of benzene rings is 4. The Kier molecular flexibility index (Phi) is 8.23. The predicted molar refractivity (Wildman–Crippen MR) is 151 cm³/mol. The molecule has 1 aliphatic heterocycles. The molecule has 0 radical (unpaired) electrons. The second-order valence-corrected chi connectivity index (χ2v) is 9.84. The van der Waals surface area contributed by atoms with E-state index in [2.05, 4.69) is 29.6 Å². The van der Waals surface area contributed by atoms with Gasteiger partial charge in [-0.3, -0.25) is 9.59 Å². The van der Waals surface area contributed by atoms with E-state index >= 15 is 0 Å². The fraction of sp³-hybridized carbons (Fsp3) is 0.273. The first-order valence-corrected chi connectivity index (χ1v) is 13.4. The summed E-state index contributed by atoms with van der Waals surface area (Å²) in [5, 5.41) is 5.70. The molecule has 1 N–H and O–H groups in total. The highest BCUT2D eigenvalue weighted by molar-refractivity contribution is 5.97. The minimum Gasteiger partial charge on any atom is -0.469 e. The highest BCUT2D eigenvalue weighted by Gasteiger charge is 2.37. The van der Waals surface area contributed by atoms with Crippen LogP contribution >= 0.6 is 0 Å². The maximum absolute atomic E-state index is 14.1. The molecule has 5 rings (SSSR count). The molecule has 0 spiro atoms. The molecule has 4 aromatic rings. The van der Waals surface area contributed by atoms with Crippen molar-refractivity contribution in [1.82, 2.24) is 5.32 Å². The number of amides is 1. The molecule has 0 bridgehead atoms. The van der Waals surface area contributed by atoms with Gasteiger partial charge in [-0.2, -0.15) is 0 Å². The number of hydrogen-bond donors (Lipinski definition) is 1. The minimum absolute atomic E-state index is 0.170. The number of aryl methyl sites for hydroxylation is 1. The van der Waals surface area contributed by atoms with Gasteiger partial charge < -0.3 is 19.5 Å². The van der Waals surface area contributed by atoms with E-state index in [0.29, 0.717) is 56.0 Å². The first-order valence-electron chi connectivity index (χ1n) is 13.4. The van der Waals surface area contributed by atoms with Gasteiger partial charge in [0, 0.05) is 25.2 Å². The van der Waals surface area contributed by atoms with Crippen LogP contribution in [-0.4, -0.2) is 32.2 Å². The first kappa shape index (κ1) is 26.4. The van der Waals surface area contributed by atoms with Crippen molar-refractivity contribution in [3.63, 3.8) is 0 Å². The maximum atomic E-state index is 14.1. The van der Waals surface area contributed by atoms with Gasteiger partial charge in [-0.05, 0) is 71.8 Å². The summed E-state index contributed by atoms with van der Waals surface area (Å²) in [5.41, 5.74) is 1.92. The zero-order valence-electron chi connectivity index (χ0n) is 22.2. The largest absolute Gasteiger partial charge is 0.469 e. The van der Waals surface area contributed by atoms with Gasteiger partial charge in [0.25, 0.3) is 5.91 Å². The number of ether oxygens (including phenoxy) is 3. The molecule has 6 heteroatoms. The lowest BCUT2D eigenvalue weighted by molar-refractivity contribution is -0.140. The number of carbonyl (C=O) groups is 2. The lowest BCUT2D eigenvalue weighted by Gasteiger charge is -2.39. The van der Waals surface area contributed by atoms with Gasteiger partial charge in [0.2, 0.25) is 0 Å². The number of rotatable bonds is 9. The summed E-state index contributed by atoms with van der Waals surface area (Å²) in [6.45, 7) is 1.12. The fourth-order valence-electron chi connectivity index (χ4n) is 5.31. The van der Waals surface area contributed by atoms with Crippen LogP contribution in [-0.2, 0) is 26.2 Å². The summed E-state index contributed by atoms with van der Waals surface area (Å²) in [6, 6.07) is 29.6. The van der Waals surface area contributed by atoms with Crippen LogP contribution in [0.15, 0.2) is 91.0 Å². The summed E-state index contributed by atoms with van der Waals surface area (Å²) in [7, 11) is 1.39. The third-order valence-electron chi connectivity index (χ3n) is 7.36. The number of methoxy groups -OCH3 is 1. The van der Waals surface area contributed by atoms with Crippen LogP contribution in [0.3, 0.4) is 0 Å². The topological polar surface area (TPSA) is 73.9 Å². The van der Waals surface area contributed by atoms with Crippen molar-refractivity contribution in [2.75, 3.05) is 20.3 Å². The number of para-hydroxylation sites is 1. The molecule has 0 unspecified atom stereocenters. The third kappa shape index (κ3) is 6.13. The second-order valence-electron chi connectivity index (χ2n) is 9.84. The van der Waals surface area contributed by atoms with Crippen molar-refractivity contribution < 1.29 is 23.8 Å². The van der Waals surface area contributed by atoms with E-state index in [4.69, 9.17) is 14.2 Å². The molecular formula is C33H33NO5. The molecule has 1 saturated heterocycles. The standard InChI is InChI=1S/C33H33NO5/c1-37-31(35)16-8-11-25-17-18-27(39-26-12-3-2-4-13-26)23-29(25)32(36)34-33(19-21-38-22-20-33)30-15-7-10-24-9-5-6-14-28(24)30/h2-7,9-10,12-15,17-18,23H,8,11,16,19-22H2,1H3,(H,34,36). The summed E-state index contributed by atoms with van der Waals surface area (Å²) < 4.78 is 16.6. The molecule has 4 aromatic carbocycles. The van der Waals surface area contributed by atoms with E-state index in [1.807, 2.05) is 60.7 Å². The van der Waals surface area contributed by atoms with E-state index in [-0.39, 0.29) is 18.3 Å². The van der Waals surface area contributed by atoms with E-state index in [1.54, 1.807) is 6.07 Å². The highest BCUT2D eigenvalue weighted by atomic mass is 16.5. The Balaban J connectivity index is 1.49. The van der Waals surface area contributed by atoms with Crippen LogP contribution in [0, 0.1) is 0 Å². The third-order valence-corrected chi connectivity index (χ3v) is 7.36.